The number of hydrogen-bond donors (Lipinski definition) is 1. The van der Waals surface area contributed by atoms with Crippen LogP contribution in [0.1, 0.15) is 31.2 Å². The average molecular weight is 288 g/mol. The van der Waals surface area contributed by atoms with Crippen LogP contribution in [-0.4, -0.2) is 30.5 Å². The largest absolute Gasteiger partial charge is 0.491 e. The first-order valence-electron chi connectivity index (χ1n) is 7.97. The summed E-state index contributed by atoms with van der Waals surface area (Å²) in [6.07, 6.45) is 4.15. The van der Waals surface area contributed by atoms with Gasteiger partial charge in [-0.25, -0.2) is 0 Å². The van der Waals surface area contributed by atoms with Gasteiger partial charge in [-0.2, -0.15) is 0 Å². The molecule has 21 heavy (non-hydrogen) atoms. The van der Waals surface area contributed by atoms with Crippen LogP contribution in [-0.2, 0) is 11.3 Å². The standard InChI is InChI=1S/C17H24N2O2/c18-11-13-5-7-14(8-6-13)17(20)19-9-10-21-16-4-2-1-3-15(16)12-19/h1-4,13-14H,5-12,18H2. The van der Waals surface area contributed by atoms with Crippen LogP contribution in [0.3, 0.4) is 0 Å². The van der Waals surface area contributed by atoms with Crippen molar-refractivity contribution in [2.75, 3.05) is 19.7 Å². The third-order valence-corrected chi connectivity index (χ3v) is 4.79. The van der Waals surface area contributed by atoms with Crippen molar-refractivity contribution in [3.05, 3.63) is 29.8 Å². The molecule has 2 N–H and O–H groups in total. The van der Waals surface area contributed by atoms with E-state index in [0.29, 0.717) is 31.5 Å². The molecular formula is C17H24N2O2. The molecule has 1 aliphatic heterocycles. The minimum absolute atomic E-state index is 0.179. The van der Waals surface area contributed by atoms with E-state index in [1.54, 1.807) is 0 Å². The normalized spacial score (nSPS) is 25.7. The van der Waals surface area contributed by atoms with Crippen LogP contribution in [0, 0.1) is 11.8 Å². The highest BCUT2D eigenvalue weighted by molar-refractivity contribution is 5.79. The molecular weight excluding hydrogens is 264 g/mol. The van der Waals surface area contributed by atoms with Crippen LogP contribution in [0.15, 0.2) is 24.3 Å². The number of nitrogens with zero attached hydrogens (tertiary/aromatic N) is 1. The monoisotopic (exact) mass is 288 g/mol. The Morgan fingerprint density at radius 2 is 2.00 bits per heavy atom. The Bertz CT molecular complexity index is 495. The second-order valence-corrected chi connectivity index (χ2v) is 6.17. The third-order valence-electron chi connectivity index (χ3n) is 4.79. The third kappa shape index (κ3) is 3.21. The van der Waals surface area contributed by atoms with E-state index >= 15 is 0 Å². The van der Waals surface area contributed by atoms with Crippen molar-refractivity contribution in [1.29, 1.82) is 0 Å². The summed E-state index contributed by atoms with van der Waals surface area (Å²) >= 11 is 0. The van der Waals surface area contributed by atoms with Crippen molar-refractivity contribution < 1.29 is 9.53 Å². The Hall–Kier alpha value is -1.55. The lowest BCUT2D eigenvalue weighted by molar-refractivity contribution is -0.137. The van der Waals surface area contributed by atoms with Crippen LogP contribution < -0.4 is 10.5 Å². The molecule has 0 bridgehead atoms. The number of amides is 1. The fourth-order valence-corrected chi connectivity index (χ4v) is 3.42. The van der Waals surface area contributed by atoms with Crippen LogP contribution in [0.25, 0.3) is 0 Å². The van der Waals surface area contributed by atoms with Crippen LogP contribution >= 0.6 is 0 Å². The maximum absolute atomic E-state index is 12.7. The molecule has 3 rings (SSSR count). The number of benzene rings is 1. The molecule has 1 saturated carbocycles. The Morgan fingerprint density at radius 3 is 2.76 bits per heavy atom. The van der Waals surface area contributed by atoms with Crippen molar-refractivity contribution in [2.45, 2.75) is 32.2 Å². The number of hydrogen-bond acceptors (Lipinski definition) is 3. The Balaban J connectivity index is 1.65. The number of nitrogens with two attached hydrogens (primary N) is 1. The van der Waals surface area contributed by atoms with Gasteiger partial charge in [0.1, 0.15) is 12.4 Å². The molecule has 1 fully saturated rings. The molecule has 1 aliphatic carbocycles. The molecule has 0 saturated heterocycles. The smallest absolute Gasteiger partial charge is 0.226 e. The van der Waals surface area contributed by atoms with E-state index in [9.17, 15) is 4.79 Å². The maximum atomic E-state index is 12.7. The fraction of sp³-hybridized carbons (Fsp3) is 0.588. The predicted octanol–water partition coefficient (Wildman–Crippen LogP) is 2.17. The molecule has 1 amide bonds. The number of ether oxygens (including phenoxy) is 1. The number of carbonyl (C=O) groups excluding carboxylic acids is 1. The van der Waals surface area contributed by atoms with E-state index in [1.165, 1.54) is 0 Å². The van der Waals surface area contributed by atoms with E-state index in [2.05, 4.69) is 0 Å². The molecule has 0 unspecified atom stereocenters. The summed E-state index contributed by atoms with van der Waals surface area (Å²) in [6, 6.07) is 8.01. The molecule has 1 aromatic rings. The first-order valence-corrected chi connectivity index (χ1v) is 7.97. The minimum Gasteiger partial charge on any atom is -0.491 e. The van der Waals surface area contributed by atoms with Crippen molar-refractivity contribution in [3.8, 4) is 5.75 Å². The zero-order chi connectivity index (χ0) is 14.7. The van der Waals surface area contributed by atoms with E-state index in [1.807, 2.05) is 29.2 Å². The molecule has 0 radical (unpaired) electrons. The first kappa shape index (κ1) is 14.4. The lowest BCUT2D eigenvalue weighted by Crippen LogP contribution is -2.39. The topological polar surface area (TPSA) is 55.6 Å². The highest BCUT2D eigenvalue weighted by Crippen LogP contribution is 2.31. The Kier molecular flexibility index (Phi) is 4.44. The zero-order valence-corrected chi connectivity index (χ0v) is 12.5. The molecule has 1 aromatic carbocycles. The van der Waals surface area contributed by atoms with Gasteiger partial charge in [-0.1, -0.05) is 18.2 Å². The summed E-state index contributed by atoms with van der Waals surface area (Å²) in [5, 5.41) is 0. The van der Waals surface area contributed by atoms with Crippen LogP contribution in [0.4, 0.5) is 0 Å². The van der Waals surface area contributed by atoms with Gasteiger partial charge >= 0.3 is 0 Å². The van der Waals surface area contributed by atoms with Gasteiger partial charge in [-0.3, -0.25) is 4.79 Å². The highest BCUT2D eigenvalue weighted by Gasteiger charge is 2.30. The van der Waals surface area contributed by atoms with Crippen LogP contribution in [0.2, 0.25) is 0 Å². The van der Waals surface area contributed by atoms with Crippen molar-refractivity contribution >= 4 is 5.91 Å². The second kappa shape index (κ2) is 6.48. The lowest BCUT2D eigenvalue weighted by Gasteiger charge is -2.31. The first-order chi connectivity index (χ1) is 10.3. The summed E-state index contributed by atoms with van der Waals surface area (Å²) in [7, 11) is 0. The molecule has 1 heterocycles. The Morgan fingerprint density at radius 1 is 1.24 bits per heavy atom. The average Bonchev–Trinajstić information content (AvgIpc) is 2.76. The lowest BCUT2D eigenvalue weighted by atomic mass is 9.81. The fourth-order valence-electron chi connectivity index (χ4n) is 3.42. The second-order valence-electron chi connectivity index (χ2n) is 6.17. The molecule has 4 nitrogen and oxygen atoms in total. The molecule has 0 spiro atoms. The van der Waals surface area contributed by atoms with Crippen molar-refractivity contribution in [1.82, 2.24) is 4.90 Å². The Labute approximate surface area is 126 Å². The van der Waals surface area contributed by atoms with Crippen molar-refractivity contribution in [3.63, 3.8) is 0 Å². The van der Waals surface area contributed by atoms with E-state index in [0.717, 1.165) is 43.5 Å². The quantitative estimate of drug-likeness (QED) is 0.907. The summed E-state index contributed by atoms with van der Waals surface area (Å²) in [6.45, 7) is 2.70. The SMILES string of the molecule is NCC1CCC(C(=O)N2CCOc3ccccc3C2)CC1. The van der Waals surface area contributed by atoms with Gasteiger partial charge in [0.2, 0.25) is 5.91 Å². The van der Waals surface area contributed by atoms with Gasteiger partial charge < -0.3 is 15.4 Å². The summed E-state index contributed by atoms with van der Waals surface area (Å²) in [4.78, 5) is 14.7. The van der Waals surface area contributed by atoms with Gasteiger partial charge in [-0.15, -0.1) is 0 Å². The zero-order valence-electron chi connectivity index (χ0n) is 12.5. The molecule has 0 atom stereocenters. The van der Waals surface area contributed by atoms with Gasteiger partial charge in [0.25, 0.3) is 0 Å². The van der Waals surface area contributed by atoms with Crippen LogP contribution in [0.5, 0.6) is 5.75 Å². The van der Waals surface area contributed by atoms with Gasteiger partial charge in [-0.05, 0) is 44.2 Å². The van der Waals surface area contributed by atoms with Gasteiger partial charge in [0, 0.05) is 18.0 Å². The van der Waals surface area contributed by atoms with E-state index in [-0.39, 0.29) is 5.92 Å². The molecule has 0 aromatic heterocycles. The number of para-hydroxylation sites is 1. The molecule has 114 valence electrons. The number of carbonyl (C=O) groups is 1. The maximum Gasteiger partial charge on any atom is 0.226 e. The minimum atomic E-state index is 0.179. The summed E-state index contributed by atoms with van der Waals surface area (Å²) < 4.78 is 5.74. The predicted molar refractivity (Wildman–Crippen MR) is 81.9 cm³/mol. The summed E-state index contributed by atoms with van der Waals surface area (Å²) in [5.41, 5.74) is 6.84. The molecule has 2 aliphatic rings. The highest BCUT2D eigenvalue weighted by atomic mass is 16.5. The van der Waals surface area contributed by atoms with Crippen molar-refractivity contribution in [2.24, 2.45) is 17.6 Å². The summed E-state index contributed by atoms with van der Waals surface area (Å²) in [5.74, 6) is 2.01. The van der Waals surface area contributed by atoms with E-state index < -0.39 is 0 Å². The molecule has 4 heteroatoms. The van der Waals surface area contributed by atoms with Gasteiger partial charge in [0.05, 0.1) is 6.54 Å². The van der Waals surface area contributed by atoms with Gasteiger partial charge in [0.15, 0.2) is 0 Å². The number of rotatable bonds is 2. The van der Waals surface area contributed by atoms with E-state index in [4.69, 9.17) is 10.5 Å². The number of fused-ring (bicyclic) bond motifs is 1.